The molecule has 3 heterocycles. The van der Waals surface area contributed by atoms with Gasteiger partial charge in [-0.05, 0) is 12.5 Å². The molecule has 7 heteroatoms. The van der Waals surface area contributed by atoms with Crippen molar-refractivity contribution in [1.82, 2.24) is 9.61 Å². The molecular weight excluding hydrogens is 258 g/mol. The van der Waals surface area contributed by atoms with Gasteiger partial charge in [0.2, 0.25) is 5.91 Å². The van der Waals surface area contributed by atoms with Crippen molar-refractivity contribution in [1.29, 1.82) is 0 Å². The van der Waals surface area contributed by atoms with Crippen molar-refractivity contribution >= 4 is 28.7 Å². The van der Waals surface area contributed by atoms with Crippen LogP contribution in [0.15, 0.2) is 18.5 Å². The lowest BCUT2D eigenvalue weighted by molar-refractivity contribution is -0.119. The van der Waals surface area contributed by atoms with Gasteiger partial charge < -0.3 is 16.4 Å². The molecule has 1 aliphatic heterocycles. The van der Waals surface area contributed by atoms with Gasteiger partial charge in [0, 0.05) is 12.5 Å². The zero-order valence-electron chi connectivity index (χ0n) is 11.0. The molecule has 7 nitrogen and oxygen atoms in total. The Hall–Kier alpha value is -2.57. The van der Waals surface area contributed by atoms with Crippen molar-refractivity contribution in [3.63, 3.8) is 0 Å². The van der Waals surface area contributed by atoms with Crippen molar-refractivity contribution in [2.75, 3.05) is 17.2 Å². The Morgan fingerprint density at radius 1 is 1.50 bits per heavy atom. The molecule has 0 saturated carbocycles. The average molecular weight is 273 g/mol. The van der Waals surface area contributed by atoms with Crippen LogP contribution in [-0.2, 0) is 4.79 Å². The van der Waals surface area contributed by atoms with Gasteiger partial charge in [-0.2, -0.15) is 5.10 Å². The molecule has 1 fully saturated rings. The van der Waals surface area contributed by atoms with E-state index in [0.717, 1.165) is 12.1 Å². The van der Waals surface area contributed by atoms with E-state index in [1.807, 2.05) is 6.92 Å². The summed E-state index contributed by atoms with van der Waals surface area (Å²) in [4.78, 5) is 25.0. The second-order valence-corrected chi connectivity index (χ2v) is 5.04. The smallest absolute Gasteiger partial charge is 0.252 e. The Kier molecular flexibility index (Phi) is 2.63. The number of carbonyl (C=O) groups excluding carboxylic acids is 2. The number of anilines is 2. The highest BCUT2D eigenvalue weighted by Gasteiger charge is 2.30. The maximum Gasteiger partial charge on any atom is 0.252 e. The van der Waals surface area contributed by atoms with Gasteiger partial charge in [0.15, 0.2) is 0 Å². The zero-order valence-corrected chi connectivity index (χ0v) is 11.0. The van der Waals surface area contributed by atoms with E-state index in [0.29, 0.717) is 12.1 Å². The molecule has 0 radical (unpaired) electrons. The number of hydrogen-bond donors (Lipinski definition) is 2. The standard InChI is InChI=1S/C13H15N5O2/c1-7-2-3-17(13(7)20)8-4-10-11(14)9(12(15)19)5-16-18(10)6-8/h4-7H,2-3,14H2,1H3,(H2,15,19). The van der Waals surface area contributed by atoms with Crippen LogP contribution in [0.1, 0.15) is 23.7 Å². The summed E-state index contributed by atoms with van der Waals surface area (Å²) in [5.74, 6) is -0.495. The lowest BCUT2D eigenvalue weighted by atomic mass is 10.1. The summed E-state index contributed by atoms with van der Waals surface area (Å²) in [6, 6.07) is 1.75. The van der Waals surface area contributed by atoms with Gasteiger partial charge in [0.05, 0.1) is 34.8 Å². The van der Waals surface area contributed by atoms with Gasteiger partial charge in [-0.15, -0.1) is 0 Å². The number of hydrogen-bond acceptors (Lipinski definition) is 4. The van der Waals surface area contributed by atoms with Crippen molar-refractivity contribution in [3.05, 3.63) is 24.0 Å². The number of carbonyl (C=O) groups is 2. The van der Waals surface area contributed by atoms with Crippen molar-refractivity contribution < 1.29 is 9.59 Å². The molecular formula is C13H15N5O2. The van der Waals surface area contributed by atoms with Crippen LogP contribution in [0.5, 0.6) is 0 Å². The SMILES string of the molecule is CC1CCN(c2cc3c(N)c(C(N)=O)cnn3c2)C1=O. The van der Waals surface area contributed by atoms with Crippen molar-refractivity contribution in [2.45, 2.75) is 13.3 Å². The van der Waals surface area contributed by atoms with Crippen LogP contribution in [0, 0.1) is 5.92 Å². The number of rotatable bonds is 2. The lowest BCUT2D eigenvalue weighted by Crippen LogP contribution is -2.25. The van der Waals surface area contributed by atoms with E-state index in [9.17, 15) is 9.59 Å². The van der Waals surface area contributed by atoms with Crippen molar-refractivity contribution in [2.24, 2.45) is 11.7 Å². The first-order chi connectivity index (χ1) is 9.49. The van der Waals surface area contributed by atoms with Gasteiger partial charge in [-0.25, -0.2) is 4.52 Å². The van der Waals surface area contributed by atoms with E-state index < -0.39 is 5.91 Å². The third-order valence-corrected chi connectivity index (χ3v) is 3.71. The third-order valence-electron chi connectivity index (χ3n) is 3.71. The summed E-state index contributed by atoms with van der Waals surface area (Å²) in [6.07, 6.45) is 3.90. The Morgan fingerprint density at radius 2 is 2.25 bits per heavy atom. The van der Waals surface area contributed by atoms with Crippen LogP contribution in [0.25, 0.3) is 5.52 Å². The molecule has 1 aliphatic rings. The molecule has 1 saturated heterocycles. The van der Waals surface area contributed by atoms with E-state index >= 15 is 0 Å². The Morgan fingerprint density at radius 3 is 2.85 bits per heavy atom. The Labute approximate surface area is 115 Å². The van der Waals surface area contributed by atoms with Gasteiger partial charge in [-0.1, -0.05) is 6.92 Å². The van der Waals surface area contributed by atoms with E-state index in [1.54, 1.807) is 21.7 Å². The lowest BCUT2D eigenvalue weighted by Gasteiger charge is -2.13. The van der Waals surface area contributed by atoms with Crippen LogP contribution in [0.2, 0.25) is 0 Å². The molecule has 20 heavy (non-hydrogen) atoms. The molecule has 4 N–H and O–H groups in total. The number of nitrogens with two attached hydrogens (primary N) is 2. The molecule has 2 aromatic heterocycles. The average Bonchev–Trinajstić information content (AvgIpc) is 2.95. The fourth-order valence-electron chi connectivity index (χ4n) is 2.49. The molecule has 1 unspecified atom stereocenters. The molecule has 104 valence electrons. The maximum atomic E-state index is 12.0. The first-order valence-electron chi connectivity index (χ1n) is 6.37. The number of amides is 2. The predicted octanol–water partition coefficient (Wildman–Crippen LogP) is 0.388. The molecule has 0 bridgehead atoms. The monoisotopic (exact) mass is 273 g/mol. The van der Waals surface area contributed by atoms with Crippen LogP contribution < -0.4 is 16.4 Å². The number of aromatic nitrogens is 2. The van der Waals surface area contributed by atoms with Crippen LogP contribution >= 0.6 is 0 Å². The van der Waals surface area contributed by atoms with Gasteiger partial charge >= 0.3 is 0 Å². The molecule has 0 aromatic carbocycles. The van der Waals surface area contributed by atoms with Crippen LogP contribution in [0.3, 0.4) is 0 Å². The Balaban J connectivity index is 2.10. The van der Waals surface area contributed by atoms with Crippen LogP contribution in [-0.4, -0.2) is 28.0 Å². The minimum absolute atomic E-state index is 0.0319. The minimum Gasteiger partial charge on any atom is -0.396 e. The van der Waals surface area contributed by atoms with Gasteiger partial charge in [-0.3, -0.25) is 9.59 Å². The highest BCUT2D eigenvalue weighted by atomic mass is 16.2. The molecule has 1 atom stereocenters. The Bertz CT molecular complexity index is 721. The number of fused-ring (bicyclic) bond motifs is 1. The summed E-state index contributed by atoms with van der Waals surface area (Å²) in [5.41, 5.74) is 12.9. The van der Waals surface area contributed by atoms with E-state index in [2.05, 4.69) is 5.10 Å². The van der Waals surface area contributed by atoms with Gasteiger partial charge in [0.25, 0.3) is 5.91 Å². The molecule has 2 aromatic rings. The predicted molar refractivity (Wildman–Crippen MR) is 74.3 cm³/mol. The van der Waals surface area contributed by atoms with Crippen LogP contribution in [0.4, 0.5) is 11.4 Å². The normalized spacial score (nSPS) is 18.9. The molecule has 2 amide bonds. The van der Waals surface area contributed by atoms with Crippen molar-refractivity contribution in [3.8, 4) is 0 Å². The second kappa shape index (κ2) is 4.22. The largest absolute Gasteiger partial charge is 0.396 e. The summed E-state index contributed by atoms with van der Waals surface area (Å²) in [5, 5.41) is 4.10. The zero-order chi connectivity index (χ0) is 14.4. The minimum atomic E-state index is -0.619. The number of nitrogens with zero attached hydrogens (tertiary/aromatic N) is 3. The first-order valence-corrected chi connectivity index (χ1v) is 6.37. The summed E-state index contributed by atoms with van der Waals surface area (Å²) in [7, 11) is 0. The summed E-state index contributed by atoms with van der Waals surface area (Å²) >= 11 is 0. The van der Waals surface area contributed by atoms with E-state index in [4.69, 9.17) is 11.5 Å². The topological polar surface area (TPSA) is 107 Å². The second-order valence-electron chi connectivity index (χ2n) is 5.04. The number of nitrogen functional groups attached to an aromatic ring is 1. The van der Waals surface area contributed by atoms with E-state index in [-0.39, 0.29) is 23.1 Å². The van der Waals surface area contributed by atoms with Gasteiger partial charge in [0.1, 0.15) is 0 Å². The molecule has 0 spiro atoms. The quantitative estimate of drug-likeness (QED) is 0.825. The first kappa shape index (κ1) is 12.5. The van der Waals surface area contributed by atoms with E-state index in [1.165, 1.54) is 6.20 Å². The highest BCUT2D eigenvalue weighted by molar-refractivity contribution is 6.02. The fourth-order valence-corrected chi connectivity index (χ4v) is 2.49. The summed E-state index contributed by atoms with van der Waals surface area (Å²) < 4.78 is 1.55. The summed E-state index contributed by atoms with van der Waals surface area (Å²) in [6.45, 7) is 2.59. The third kappa shape index (κ3) is 1.70. The highest BCUT2D eigenvalue weighted by Crippen LogP contribution is 2.29. The molecule has 3 rings (SSSR count). The fraction of sp³-hybridized carbons (Fsp3) is 0.308. The molecule has 0 aliphatic carbocycles. The maximum absolute atomic E-state index is 12.0. The number of primary amides is 1.